The number of benzene rings is 1. The quantitative estimate of drug-likeness (QED) is 0.894. The first kappa shape index (κ1) is 13.6. The number of hydrogen-bond donors (Lipinski definition) is 1. The third kappa shape index (κ3) is 2.77. The van der Waals surface area contributed by atoms with E-state index in [1.807, 2.05) is 0 Å². The van der Waals surface area contributed by atoms with Crippen molar-refractivity contribution in [3.05, 3.63) is 42.2 Å². The number of rotatable bonds is 5. The summed E-state index contributed by atoms with van der Waals surface area (Å²) in [6, 6.07) is 6.55. The number of para-hydroxylation sites is 1. The zero-order chi connectivity index (χ0) is 13.9. The van der Waals surface area contributed by atoms with Crippen molar-refractivity contribution in [2.75, 3.05) is 14.2 Å². The van der Waals surface area contributed by atoms with E-state index in [9.17, 15) is 8.42 Å². The molecule has 0 aliphatic heterocycles. The highest BCUT2D eigenvalue weighted by Gasteiger charge is 2.24. The molecule has 0 aliphatic carbocycles. The van der Waals surface area contributed by atoms with Crippen LogP contribution in [0.2, 0.25) is 0 Å². The first-order chi connectivity index (χ1) is 9.05. The maximum atomic E-state index is 12.5. The SMILES string of the molecule is COc1ccccc1S(=O)(=O)N(C)Cc1cn[nH]c1. The van der Waals surface area contributed by atoms with Crippen LogP contribution >= 0.6 is 0 Å². The number of aromatic amines is 1. The standard InChI is InChI=1S/C12H15N3O3S/c1-15(9-10-7-13-14-8-10)19(16,17)12-6-4-3-5-11(12)18-2/h3-8H,9H2,1-2H3,(H,13,14). The molecule has 19 heavy (non-hydrogen) atoms. The van der Waals surface area contributed by atoms with E-state index in [-0.39, 0.29) is 11.4 Å². The number of aromatic nitrogens is 2. The molecule has 0 atom stereocenters. The molecule has 0 spiro atoms. The second-order valence-corrected chi connectivity index (χ2v) is 6.03. The topological polar surface area (TPSA) is 75.3 Å². The third-order valence-corrected chi connectivity index (χ3v) is 4.56. The lowest BCUT2D eigenvalue weighted by Crippen LogP contribution is -2.26. The largest absolute Gasteiger partial charge is 0.495 e. The summed E-state index contributed by atoms with van der Waals surface area (Å²) in [5.74, 6) is 0.335. The average molecular weight is 281 g/mol. The van der Waals surface area contributed by atoms with Gasteiger partial charge in [-0.05, 0) is 12.1 Å². The Morgan fingerprint density at radius 1 is 1.37 bits per heavy atom. The Labute approximate surface area is 112 Å². The van der Waals surface area contributed by atoms with Crippen molar-refractivity contribution in [2.45, 2.75) is 11.4 Å². The summed E-state index contributed by atoms with van der Waals surface area (Å²) in [5, 5.41) is 6.45. The molecule has 2 aromatic rings. The second-order valence-electron chi connectivity index (χ2n) is 4.02. The lowest BCUT2D eigenvalue weighted by Gasteiger charge is -2.18. The second kappa shape index (κ2) is 5.41. The summed E-state index contributed by atoms with van der Waals surface area (Å²) in [6.07, 6.45) is 3.25. The molecule has 2 rings (SSSR count). The van der Waals surface area contributed by atoms with Crippen LogP contribution in [-0.4, -0.2) is 37.1 Å². The normalized spacial score (nSPS) is 11.7. The third-order valence-electron chi connectivity index (χ3n) is 2.72. The highest BCUT2D eigenvalue weighted by molar-refractivity contribution is 7.89. The van der Waals surface area contributed by atoms with Gasteiger partial charge in [-0.3, -0.25) is 5.10 Å². The Morgan fingerprint density at radius 2 is 2.11 bits per heavy atom. The first-order valence-electron chi connectivity index (χ1n) is 5.62. The number of methoxy groups -OCH3 is 1. The Hall–Kier alpha value is -1.86. The zero-order valence-corrected chi connectivity index (χ0v) is 11.5. The minimum Gasteiger partial charge on any atom is -0.495 e. The lowest BCUT2D eigenvalue weighted by atomic mass is 10.3. The fourth-order valence-corrected chi connectivity index (χ4v) is 3.02. The lowest BCUT2D eigenvalue weighted by molar-refractivity contribution is 0.397. The molecule has 0 amide bonds. The van der Waals surface area contributed by atoms with Crippen molar-refractivity contribution in [2.24, 2.45) is 0 Å². The zero-order valence-electron chi connectivity index (χ0n) is 10.7. The maximum Gasteiger partial charge on any atom is 0.246 e. The van der Waals surface area contributed by atoms with E-state index in [0.717, 1.165) is 5.56 Å². The van der Waals surface area contributed by atoms with Gasteiger partial charge in [0.15, 0.2) is 0 Å². The van der Waals surface area contributed by atoms with Crippen LogP contribution < -0.4 is 4.74 Å². The van der Waals surface area contributed by atoms with Gasteiger partial charge in [0.1, 0.15) is 10.6 Å². The number of sulfonamides is 1. The number of hydrogen-bond acceptors (Lipinski definition) is 4. The molecule has 1 N–H and O–H groups in total. The van der Waals surface area contributed by atoms with Crippen LogP contribution in [0, 0.1) is 0 Å². The molecular weight excluding hydrogens is 266 g/mol. The molecule has 0 aliphatic rings. The molecule has 6 nitrogen and oxygen atoms in total. The van der Waals surface area contributed by atoms with E-state index in [2.05, 4.69) is 10.2 Å². The van der Waals surface area contributed by atoms with Gasteiger partial charge in [0.2, 0.25) is 10.0 Å². The fourth-order valence-electron chi connectivity index (χ4n) is 1.71. The highest BCUT2D eigenvalue weighted by Crippen LogP contribution is 2.26. The molecule has 0 fully saturated rings. The van der Waals surface area contributed by atoms with Gasteiger partial charge in [-0.2, -0.15) is 9.40 Å². The molecule has 0 unspecified atom stereocenters. The summed E-state index contributed by atoms with van der Waals surface area (Å²) in [7, 11) is -0.620. The first-order valence-corrected chi connectivity index (χ1v) is 7.06. The van der Waals surface area contributed by atoms with Crippen molar-refractivity contribution in [3.63, 3.8) is 0 Å². The van der Waals surface area contributed by atoms with Gasteiger partial charge >= 0.3 is 0 Å². The van der Waals surface area contributed by atoms with Crippen LogP contribution in [0.3, 0.4) is 0 Å². The van der Waals surface area contributed by atoms with Gasteiger partial charge in [0.25, 0.3) is 0 Å². The molecule has 1 heterocycles. The predicted octanol–water partition coefficient (Wildman–Crippen LogP) is 1.24. The molecule has 1 aromatic heterocycles. The molecule has 1 aromatic carbocycles. The number of ether oxygens (including phenoxy) is 1. The minimum atomic E-state index is -3.59. The van der Waals surface area contributed by atoms with Crippen molar-refractivity contribution in [1.29, 1.82) is 0 Å². The Morgan fingerprint density at radius 3 is 2.74 bits per heavy atom. The van der Waals surface area contributed by atoms with Crippen molar-refractivity contribution in [3.8, 4) is 5.75 Å². The van der Waals surface area contributed by atoms with Gasteiger partial charge in [0, 0.05) is 25.4 Å². The molecule has 102 valence electrons. The van der Waals surface area contributed by atoms with Crippen molar-refractivity contribution in [1.82, 2.24) is 14.5 Å². The van der Waals surface area contributed by atoms with Crippen LogP contribution in [0.5, 0.6) is 5.75 Å². The van der Waals surface area contributed by atoms with Crippen molar-refractivity contribution >= 4 is 10.0 Å². The summed E-state index contributed by atoms with van der Waals surface area (Å²) < 4.78 is 31.3. The van der Waals surface area contributed by atoms with E-state index in [4.69, 9.17) is 4.74 Å². The van der Waals surface area contributed by atoms with Gasteiger partial charge < -0.3 is 4.74 Å². The number of H-pyrrole nitrogens is 1. The Bertz CT molecular complexity index is 638. The molecule has 7 heteroatoms. The van der Waals surface area contributed by atoms with Gasteiger partial charge in [0.05, 0.1) is 13.3 Å². The predicted molar refractivity (Wildman–Crippen MR) is 70.2 cm³/mol. The van der Waals surface area contributed by atoms with E-state index in [0.29, 0.717) is 5.75 Å². The van der Waals surface area contributed by atoms with Crippen LogP contribution in [0.4, 0.5) is 0 Å². The van der Waals surface area contributed by atoms with E-state index in [1.165, 1.54) is 24.5 Å². The monoisotopic (exact) mass is 281 g/mol. The summed E-state index contributed by atoms with van der Waals surface area (Å²) in [4.78, 5) is 0.156. The van der Waals surface area contributed by atoms with Crippen LogP contribution in [0.25, 0.3) is 0 Å². The molecular formula is C12H15N3O3S. The Kier molecular flexibility index (Phi) is 3.87. The molecule has 0 saturated heterocycles. The summed E-state index contributed by atoms with van der Waals surface area (Å²) in [6.45, 7) is 0.247. The van der Waals surface area contributed by atoms with E-state index in [1.54, 1.807) is 30.6 Å². The fraction of sp³-hybridized carbons (Fsp3) is 0.250. The summed E-state index contributed by atoms with van der Waals surface area (Å²) >= 11 is 0. The van der Waals surface area contributed by atoms with Crippen molar-refractivity contribution < 1.29 is 13.2 Å². The smallest absolute Gasteiger partial charge is 0.246 e. The Balaban J connectivity index is 2.31. The number of nitrogens with zero attached hydrogens (tertiary/aromatic N) is 2. The summed E-state index contributed by atoms with van der Waals surface area (Å²) in [5.41, 5.74) is 0.793. The van der Waals surface area contributed by atoms with E-state index >= 15 is 0 Å². The average Bonchev–Trinajstić information content (AvgIpc) is 2.91. The molecule has 0 radical (unpaired) electrons. The van der Waals surface area contributed by atoms with Gasteiger partial charge in [-0.25, -0.2) is 8.42 Å². The van der Waals surface area contributed by atoms with Crippen LogP contribution in [0.15, 0.2) is 41.6 Å². The molecule has 0 saturated carbocycles. The highest BCUT2D eigenvalue weighted by atomic mass is 32.2. The minimum absolute atomic E-state index is 0.156. The van der Waals surface area contributed by atoms with Gasteiger partial charge in [-0.15, -0.1) is 0 Å². The van der Waals surface area contributed by atoms with Crippen LogP contribution in [0.1, 0.15) is 5.56 Å². The molecule has 0 bridgehead atoms. The van der Waals surface area contributed by atoms with Crippen LogP contribution in [-0.2, 0) is 16.6 Å². The number of nitrogens with one attached hydrogen (secondary N) is 1. The van der Waals surface area contributed by atoms with E-state index < -0.39 is 10.0 Å². The maximum absolute atomic E-state index is 12.5. The van der Waals surface area contributed by atoms with Gasteiger partial charge in [-0.1, -0.05) is 12.1 Å².